The molecule has 1 aliphatic rings. The van der Waals surface area contributed by atoms with Gasteiger partial charge in [0.15, 0.2) is 11.5 Å². The van der Waals surface area contributed by atoms with Gasteiger partial charge in [0.05, 0.1) is 23.6 Å². The summed E-state index contributed by atoms with van der Waals surface area (Å²) in [5.74, 6) is 1.77. The average Bonchev–Trinajstić information content (AvgIpc) is 2.89. The summed E-state index contributed by atoms with van der Waals surface area (Å²) < 4.78 is 27.9. The number of aryl methyl sites for hydroxylation is 1. The summed E-state index contributed by atoms with van der Waals surface area (Å²) in [5.41, 5.74) is 2.41. The van der Waals surface area contributed by atoms with E-state index in [1.54, 1.807) is 55.6 Å². The number of hydrogen-bond donors (Lipinski definition) is 0. The molecule has 0 bridgehead atoms. The van der Waals surface area contributed by atoms with E-state index in [0.29, 0.717) is 70.3 Å². The van der Waals surface area contributed by atoms with Crippen molar-refractivity contribution < 1.29 is 28.2 Å². The Morgan fingerprint density at radius 3 is 2.49 bits per heavy atom. The molecule has 0 fully saturated rings. The van der Waals surface area contributed by atoms with Crippen molar-refractivity contribution in [3.8, 4) is 34.1 Å². The zero-order chi connectivity index (χ0) is 24.4. The van der Waals surface area contributed by atoms with Gasteiger partial charge in [-0.05, 0) is 60.0 Å². The van der Waals surface area contributed by atoms with Crippen LogP contribution in [0, 0.1) is 0 Å². The highest BCUT2D eigenvalue weighted by molar-refractivity contribution is 5.92. The van der Waals surface area contributed by atoms with Gasteiger partial charge in [-0.1, -0.05) is 19.4 Å². The predicted octanol–water partition coefficient (Wildman–Crippen LogP) is 5.41. The van der Waals surface area contributed by atoms with Crippen LogP contribution in [0.5, 0.6) is 23.0 Å². The maximum atomic E-state index is 13.4. The topological polar surface area (TPSA) is 84.2 Å². The van der Waals surface area contributed by atoms with Crippen LogP contribution in [-0.4, -0.2) is 26.3 Å². The van der Waals surface area contributed by atoms with Gasteiger partial charge >= 0.3 is 5.97 Å². The van der Waals surface area contributed by atoms with E-state index in [1.807, 2.05) is 13.0 Å². The molecular formula is C28H24O7. The summed E-state index contributed by atoms with van der Waals surface area (Å²) in [6, 6.07) is 15.4. The molecule has 0 saturated heterocycles. The number of esters is 1. The lowest BCUT2D eigenvalue weighted by atomic mass is 10.0. The van der Waals surface area contributed by atoms with Crippen molar-refractivity contribution in [2.24, 2.45) is 0 Å². The molecule has 178 valence electrons. The Balaban J connectivity index is 1.52. The first kappa shape index (κ1) is 22.5. The van der Waals surface area contributed by atoms with E-state index in [4.69, 9.17) is 23.4 Å². The third kappa shape index (κ3) is 4.45. The van der Waals surface area contributed by atoms with Crippen LogP contribution < -0.4 is 24.4 Å². The zero-order valence-electron chi connectivity index (χ0n) is 19.5. The number of methoxy groups -OCH3 is 1. The zero-order valence-corrected chi connectivity index (χ0v) is 19.5. The van der Waals surface area contributed by atoms with Gasteiger partial charge < -0.3 is 23.4 Å². The first-order valence-corrected chi connectivity index (χ1v) is 11.4. The Labute approximate surface area is 201 Å². The van der Waals surface area contributed by atoms with Crippen molar-refractivity contribution in [3.63, 3.8) is 0 Å². The Hall–Kier alpha value is -4.26. The van der Waals surface area contributed by atoms with Crippen LogP contribution in [0.3, 0.4) is 0 Å². The normalized spacial score (nSPS) is 12.4. The third-order valence-electron chi connectivity index (χ3n) is 5.86. The SMILES string of the molecule is CCCc1cc2c(=O)c(-c3ccc4c(c3)OCCO4)coc2cc1OC(=O)c1ccc(OC)cc1. The van der Waals surface area contributed by atoms with Gasteiger partial charge in [0, 0.05) is 6.07 Å². The molecule has 2 heterocycles. The highest BCUT2D eigenvalue weighted by Gasteiger charge is 2.18. The highest BCUT2D eigenvalue weighted by Crippen LogP contribution is 2.35. The Morgan fingerprint density at radius 2 is 1.74 bits per heavy atom. The molecule has 0 N–H and O–H groups in total. The van der Waals surface area contributed by atoms with Gasteiger partial charge in [0.2, 0.25) is 5.43 Å². The van der Waals surface area contributed by atoms with Crippen molar-refractivity contribution in [1.29, 1.82) is 0 Å². The van der Waals surface area contributed by atoms with E-state index in [9.17, 15) is 9.59 Å². The van der Waals surface area contributed by atoms with Gasteiger partial charge in [-0.2, -0.15) is 0 Å². The molecular weight excluding hydrogens is 448 g/mol. The minimum atomic E-state index is -0.500. The largest absolute Gasteiger partial charge is 0.497 e. The number of carbonyl (C=O) groups is 1. The molecule has 0 amide bonds. The lowest BCUT2D eigenvalue weighted by Crippen LogP contribution is -2.15. The predicted molar refractivity (Wildman–Crippen MR) is 131 cm³/mol. The van der Waals surface area contributed by atoms with Gasteiger partial charge in [0.1, 0.15) is 36.6 Å². The molecule has 0 saturated carbocycles. The summed E-state index contributed by atoms with van der Waals surface area (Å²) in [6.45, 7) is 2.98. The molecule has 1 aromatic heterocycles. The number of hydrogen-bond acceptors (Lipinski definition) is 7. The second kappa shape index (κ2) is 9.54. The fourth-order valence-electron chi connectivity index (χ4n) is 4.06. The summed E-state index contributed by atoms with van der Waals surface area (Å²) in [5, 5.41) is 0.421. The van der Waals surface area contributed by atoms with Crippen molar-refractivity contribution >= 4 is 16.9 Å². The van der Waals surface area contributed by atoms with Crippen molar-refractivity contribution in [3.05, 3.63) is 82.2 Å². The first-order chi connectivity index (χ1) is 17.1. The summed E-state index contributed by atoms with van der Waals surface area (Å²) in [6.07, 6.45) is 2.87. The molecule has 3 aromatic carbocycles. The quantitative estimate of drug-likeness (QED) is 0.274. The van der Waals surface area contributed by atoms with Crippen LogP contribution in [0.1, 0.15) is 29.3 Å². The fourth-order valence-corrected chi connectivity index (χ4v) is 4.06. The number of rotatable bonds is 6. The van der Waals surface area contributed by atoms with E-state index in [2.05, 4.69) is 0 Å². The van der Waals surface area contributed by atoms with Crippen LogP contribution in [-0.2, 0) is 6.42 Å². The number of ether oxygens (including phenoxy) is 4. The third-order valence-corrected chi connectivity index (χ3v) is 5.86. The van der Waals surface area contributed by atoms with Crippen LogP contribution in [0.25, 0.3) is 22.1 Å². The lowest BCUT2D eigenvalue weighted by Gasteiger charge is -2.18. The maximum absolute atomic E-state index is 13.4. The van der Waals surface area contributed by atoms with E-state index in [0.717, 1.165) is 12.0 Å². The molecule has 0 spiro atoms. The van der Waals surface area contributed by atoms with E-state index in [-0.39, 0.29) is 5.43 Å². The van der Waals surface area contributed by atoms with Gasteiger partial charge in [-0.25, -0.2) is 4.79 Å². The van der Waals surface area contributed by atoms with Crippen molar-refractivity contribution in [1.82, 2.24) is 0 Å². The second-order valence-electron chi connectivity index (χ2n) is 8.16. The minimum absolute atomic E-state index is 0.173. The van der Waals surface area contributed by atoms with Crippen molar-refractivity contribution in [2.45, 2.75) is 19.8 Å². The summed E-state index contributed by atoms with van der Waals surface area (Å²) in [7, 11) is 1.56. The summed E-state index contributed by atoms with van der Waals surface area (Å²) in [4.78, 5) is 26.2. The van der Waals surface area contributed by atoms with Gasteiger partial charge in [0.25, 0.3) is 0 Å². The molecule has 0 atom stereocenters. The molecule has 35 heavy (non-hydrogen) atoms. The van der Waals surface area contributed by atoms with Gasteiger partial charge in [-0.3, -0.25) is 4.79 Å². The van der Waals surface area contributed by atoms with E-state index < -0.39 is 5.97 Å². The number of carbonyl (C=O) groups excluding carboxylic acids is 1. The smallest absolute Gasteiger partial charge is 0.343 e. The molecule has 4 aromatic rings. The van der Waals surface area contributed by atoms with Crippen LogP contribution >= 0.6 is 0 Å². The average molecular weight is 472 g/mol. The van der Waals surface area contributed by atoms with Crippen LogP contribution in [0.4, 0.5) is 0 Å². The molecule has 1 aliphatic heterocycles. The number of fused-ring (bicyclic) bond motifs is 2. The number of benzene rings is 3. The van der Waals surface area contributed by atoms with Gasteiger partial charge in [-0.15, -0.1) is 0 Å². The van der Waals surface area contributed by atoms with Crippen LogP contribution in [0.2, 0.25) is 0 Å². The van der Waals surface area contributed by atoms with Crippen LogP contribution in [0.15, 0.2) is 70.1 Å². The molecule has 0 unspecified atom stereocenters. The minimum Gasteiger partial charge on any atom is -0.497 e. The molecule has 0 radical (unpaired) electrons. The van der Waals surface area contributed by atoms with E-state index in [1.165, 1.54) is 6.26 Å². The highest BCUT2D eigenvalue weighted by atomic mass is 16.6. The Kier molecular flexibility index (Phi) is 6.14. The van der Waals surface area contributed by atoms with Crippen molar-refractivity contribution in [2.75, 3.05) is 20.3 Å². The summed E-state index contributed by atoms with van der Waals surface area (Å²) >= 11 is 0. The molecule has 7 nitrogen and oxygen atoms in total. The Morgan fingerprint density at radius 1 is 0.971 bits per heavy atom. The molecule has 0 aliphatic carbocycles. The molecule has 7 heteroatoms. The first-order valence-electron chi connectivity index (χ1n) is 11.4. The van der Waals surface area contributed by atoms with E-state index >= 15 is 0 Å². The standard InChI is InChI=1S/C28H24O7/c1-3-4-19-13-21-25(15-24(19)35-28(30)17-5-8-20(31-2)9-6-17)34-16-22(27(21)29)18-7-10-23-26(14-18)33-12-11-32-23/h5-10,13-16H,3-4,11-12H2,1-2H3. The lowest BCUT2D eigenvalue weighted by molar-refractivity contribution is 0.0733. The maximum Gasteiger partial charge on any atom is 0.343 e. The second-order valence-corrected chi connectivity index (χ2v) is 8.16. The Bertz CT molecular complexity index is 1450. The molecule has 5 rings (SSSR count). The monoisotopic (exact) mass is 472 g/mol. The fraction of sp³-hybridized carbons (Fsp3) is 0.214.